The first-order valence-corrected chi connectivity index (χ1v) is 6.98. The number of hydrogen-bond donors (Lipinski definition) is 3. The van der Waals surface area contributed by atoms with Gasteiger partial charge in [-0.05, 0) is 18.4 Å². The second-order valence-corrected chi connectivity index (χ2v) is 5.15. The van der Waals surface area contributed by atoms with Crippen molar-refractivity contribution in [1.29, 1.82) is 0 Å². The molecule has 0 aromatic heterocycles. The summed E-state index contributed by atoms with van der Waals surface area (Å²) in [6.45, 7) is 0.442. The quantitative estimate of drug-likeness (QED) is 0.788. The minimum absolute atomic E-state index is 0.267. The van der Waals surface area contributed by atoms with Gasteiger partial charge >= 0.3 is 12.0 Å². The van der Waals surface area contributed by atoms with E-state index in [1.165, 1.54) is 0 Å². The zero-order valence-electron chi connectivity index (χ0n) is 11.3. The zero-order chi connectivity index (χ0) is 14.4. The lowest BCUT2D eigenvalue weighted by Crippen LogP contribution is -2.48. The summed E-state index contributed by atoms with van der Waals surface area (Å²) in [5.74, 6) is -1.29. The molecule has 1 aliphatic rings. The van der Waals surface area contributed by atoms with Crippen molar-refractivity contribution >= 4 is 12.0 Å². The molecule has 1 fully saturated rings. The highest BCUT2D eigenvalue weighted by Gasteiger charge is 2.31. The molecule has 1 saturated carbocycles. The van der Waals surface area contributed by atoms with Crippen molar-refractivity contribution in [2.24, 2.45) is 5.92 Å². The molecular formula is C15H20N2O3. The van der Waals surface area contributed by atoms with E-state index in [-0.39, 0.29) is 12.1 Å². The predicted octanol–water partition coefficient (Wildman–Crippen LogP) is 2.13. The summed E-state index contributed by atoms with van der Waals surface area (Å²) < 4.78 is 0. The zero-order valence-corrected chi connectivity index (χ0v) is 11.3. The van der Waals surface area contributed by atoms with Crippen molar-refractivity contribution in [2.75, 3.05) is 0 Å². The van der Waals surface area contributed by atoms with Crippen molar-refractivity contribution < 1.29 is 14.7 Å². The van der Waals surface area contributed by atoms with E-state index >= 15 is 0 Å². The summed E-state index contributed by atoms with van der Waals surface area (Å²) >= 11 is 0. The topological polar surface area (TPSA) is 78.4 Å². The molecule has 1 aliphatic carbocycles. The van der Waals surface area contributed by atoms with Gasteiger partial charge in [-0.2, -0.15) is 0 Å². The van der Waals surface area contributed by atoms with Gasteiger partial charge in [-0.15, -0.1) is 0 Å². The van der Waals surface area contributed by atoms with Crippen LogP contribution in [0.25, 0.3) is 0 Å². The average molecular weight is 276 g/mol. The van der Waals surface area contributed by atoms with E-state index in [0.29, 0.717) is 13.0 Å². The van der Waals surface area contributed by atoms with Crippen LogP contribution in [0.5, 0.6) is 0 Å². The van der Waals surface area contributed by atoms with Gasteiger partial charge in [0.05, 0.1) is 5.92 Å². The van der Waals surface area contributed by atoms with Crippen LogP contribution in [0.15, 0.2) is 30.3 Å². The molecule has 1 aromatic rings. The minimum atomic E-state index is -0.821. The molecule has 0 aliphatic heterocycles. The molecule has 1 aromatic carbocycles. The lowest BCUT2D eigenvalue weighted by Gasteiger charge is -2.29. The van der Waals surface area contributed by atoms with Crippen molar-refractivity contribution in [3.05, 3.63) is 35.9 Å². The smallest absolute Gasteiger partial charge is 0.315 e. The fraction of sp³-hybridized carbons (Fsp3) is 0.467. The highest BCUT2D eigenvalue weighted by atomic mass is 16.4. The Morgan fingerprint density at radius 2 is 1.85 bits per heavy atom. The number of carbonyl (C=O) groups excluding carboxylic acids is 1. The first-order chi connectivity index (χ1) is 9.66. The van der Waals surface area contributed by atoms with Crippen LogP contribution in [0.1, 0.15) is 31.2 Å². The van der Waals surface area contributed by atoms with Crippen molar-refractivity contribution in [3.63, 3.8) is 0 Å². The van der Waals surface area contributed by atoms with Gasteiger partial charge in [0.1, 0.15) is 0 Å². The van der Waals surface area contributed by atoms with Gasteiger partial charge in [-0.1, -0.05) is 43.2 Å². The summed E-state index contributed by atoms with van der Waals surface area (Å²) in [4.78, 5) is 23.0. The maximum Gasteiger partial charge on any atom is 0.315 e. The molecule has 5 heteroatoms. The molecule has 5 nitrogen and oxygen atoms in total. The number of amides is 2. The van der Waals surface area contributed by atoms with Crippen LogP contribution in [-0.4, -0.2) is 23.1 Å². The lowest BCUT2D eigenvalue weighted by molar-refractivity contribution is -0.143. The molecule has 3 N–H and O–H groups in total. The molecule has 2 rings (SSSR count). The normalized spacial score (nSPS) is 22.0. The van der Waals surface area contributed by atoms with Crippen molar-refractivity contribution in [3.8, 4) is 0 Å². The minimum Gasteiger partial charge on any atom is -0.481 e. The van der Waals surface area contributed by atoms with Crippen LogP contribution in [-0.2, 0) is 11.3 Å². The number of hydrogen-bond acceptors (Lipinski definition) is 2. The standard InChI is InChI=1S/C15H20N2O3/c18-14(19)12-8-4-5-9-13(12)17-15(20)16-10-11-6-2-1-3-7-11/h1-3,6-7,12-13H,4-5,8-10H2,(H,18,19)(H2,16,17,20). The molecule has 0 bridgehead atoms. The van der Waals surface area contributed by atoms with E-state index in [4.69, 9.17) is 5.11 Å². The van der Waals surface area contributed by atoms with E-state index in [9.17, 15) is 9.59 Å². The van der Waals surface area contributed by atoms with Gasteiger partial charge in [-0.3, -0.25) is 4.79 Å². The number of carboxylic acid groups (broad SMARTS) is 1. The number of aliphatic carboxylic acids is 1. The van der Waals surface area contributed by atoms with Gasteiger partial charge in [0.15, 0.2) is 0 Å². The van der Waals surface area contributed by atoms with Crippen LogP contribution in [0.3, 0.4) is 0 Å². The van der Waals surface area contributed by atoms with Crippen LogP contribution >= 0.6 is 0 Å². The molecule has 108 valence electrons. The molecule has 2 amide bonds. The average Bonchev–Trinajstić information content (AvgIpc) is 2.46. The molecule has 0 radical (unpaired) electrons. The monoisotopic (exact) mass is 276 g/mol. The van der Waals surface area contributed by atoms with E-state index in [1.807, 2.05) is 30.3 Å². The SMILES string of the molecule is O=C(NCc1ccccc1)NC1CCCCC1C(=O)O. The van der Waals surface area contributed by atoms with E-state index in [0.717, 1.165) is 24.8 Å². The Balaban J connectivity index is 1.82. The first kappa shape index (κ1) is 14.4. The Hall–Kier alpha value is -2.04. The molecule has 0 spiro atoms. The van der Waals surface area contributed by atoms with E-state index in [1.54, 1.807) is 0 Å². The van der Waals surface area contributed by atoms with Gasteiger partial charge in [0, 0.05) is 12.6 Å². The summed E-state index contributed by atoms with van der Waals surface area (Å²) in [7, 11) is 0. The van der Waals surface area contributed by atoms with Crippen LogP contribution in [0, 0.1) is 5.92 Å². The maximum atomic E-state index is 11.8. The molecule has 2 atom stereocenters. The van der Waals surface area contributed by atoms with Crippen LogP contribution in [0.4, 0.5) is 4.79 Å². The number of nitrogens with one attached hydrogen (secondary N) is 2. The van der Waals surface area contributed by atoms with E-state index in [2.05, 4.69) is 10.6 Å². The number of carbonyl (C=O) groups is 2. The maximum absolute atomic E-state index is 11.8. The molecule has 20 heavy (non-hydrogen) atoms. The second-order valence-electron chi connectivity index (χ2n) is 5.15. The summed E-state index contributed by atoms with van der Waals surface area (Å²) in [6, 6.07) is 9.04. The third-order valence-corrected chi connectivity index (χ3v) is 3.70. The Bertz CT molecular complexity index is 461. The summed E-state index contributed by atoms with van der Waals surface area (Å²) in [5.41, 5.74) is 1.01. The Morgan fingerprint density at radius 1 is 1.15 bits per heavy atom. The van der Waals surface area contributed by atoms with Gasteiger partial charge < -0.3 is 15.7 Å². The number of urea groups is 1. The van der Waals surface area contributed by atoms with Crippen molar-refractivity contribution in [1.82, 2.24) is 10.6 Å². The van der Waals surface area contributed by atoms with Crippen LogP contribution < -0.4 is 10.6 Å². The highest BCUT2D eigenvalue weighted by molar-refractivity contribution is 5.76. The summed E-state index contributed by atoms with van der Waals surface area (Å²) in [6.07, 6.45) is 3.25. The second kappa shape index (κ2) is 6.93. The predicted molar refractivity (Wildman–Crippen MR) is 75.2 cm³/mol. The number of rotatable bonds is 4. The summed E-state index contributed by atoms with van der Waals surface area (Å²) in [5, 5.41) is 14.7. The Kier molecular flexibility index (Phi) is 4.98. The first-order valence-electron chi connectivity index (χ1n) is 6.98. The van der Waals surface area contributed by atoms with E-state index < -0.39 is 11.9 Å². The molecular weight excluding hydrogens is 256 g/mol. The third-order valence-electron chi connectivity index (χ3n) is 3.70. The van der Waals surface area contributed by atoms with Gasteiger partial charge in [0.2, 0.25) is 0 Å². The fourth-order valence-corrected chi connectivity index (χ4v) is 2.60. The highest BCUT2D eigenvalue weighted by Crippen LogP contribution is 2.24. The van der Waals surface area contributed by atoms with Gasteiger partial charge in [0.25, 0.3) is 0 Å². The largest absolute Gasteiger partial charge is 0.481 e. The number of benzene rings is 1. The Morgan fingerprint density at radius 3 is 2.55 bits per heavy atom. The van der Waals surface area contributed by atoms with Crippen molar-refractivity contribution in [2.45, 2.75) is 38.3 Å². The Labute approximate surface area is 118 Å². The molecule has 2 unspecified atom stereocenters. The molecule has 0 heterocycles. The molecule has 0 saturated heterocycles. The van der Waals surface area contributed by atoms with Crippen LogP contribution in [0.2, 0.25) is 0 Å². The fourth-order valence-electron chi connectivity index (χ4n) is 2.60. The number of carboxylic acids is 1. The lowest BCUT2D eigenvalue weighted by atomic mass is 9.84. The van der Waals surface area contributed by atoms with Gasteiger partial charge in [-0.25, -0.2) is 4.79 Å². The third kappa shape index (κ3) is 3.98.